The molecule has 0 spiro atoms. The number of hydrogen-bond acceptors (Lipinski definition) is 4. The van der Waals surface area contributed by atoms with E-state index in [0.29, 0.717) is 5.02 Å². The predicted octanol–water partition coefficient (Wildman–Crippen LogP) is 2.60. The molecule has 1 saturated heterocycles. The summed E-state index contributed by atoms with van der Waals surface area (Å²) in [6.45, 7) is 6.18. The minimum absolute atomic E-state index is 0.705. The molecule has 0 bridgehead atoms. The molecule has 0 aliphatic carbocycles. The summed E-state index contributed by atoms with van der Waals surface area (Å²) in [6, 6.07) is 9.62. The average molecular weight is 291 g/mol. The second kappa shape index (κ2) is 6.39. The summed E-state index contributed by atoms with van der Waals surface area (Å²) in [5, 5.41) is 8.07. The lowest BCUT2D eigenvalue weighted by molar-refractivity contribution is 0.264. The van der Waals surface area contributed by atoms with E-state index in [2.05, 4.69) is 21.9 Å². The van der Waals surface area contributed by atoms with Crippen LogP contribution >= 0.6 is 11.6 Å². The largest absolute Gasteiger partial charge is 0.356 e. The summed E-state index contributed by atoms with van der Waals surface area (Å²) in [7, 11) is 0. The van der Waals surface area contributed by atoms with Gasteiger partial charge in [0.05, 0.1) is 5.69 Å². The van der Waals surface area contributed by atoms with Crippen LogP contribution in [0.25, 0.3) is 11.3 Å². The van der Waals surface area contributed by atoms with Gasteiger partial charge in [-0.25, -0.2) is 0 Å². The molecule has 2 aromatic rings. The molecule has 1 N–H and O–H groups in total. The van der Waals surface area contributed by atoms with E-state index in [1.165, 1.54) is 0 Å². The van der Waals surface area contributed by atoms with Gasteiger partial charge in [0.2, 0.25) is 0 Å². The van der Waals surface area contributed by atoms with Crippen molar-refractivity contribution in [1.82, 2.24) is 15.4 Å². The SMILES string of the molecule is Clc1cccc(-c2cc(CCN3C[CH]NCC3)no2)c1. The third-order valence-corrected chi connectivity index (χ3v) is 3.65. The fourth-order valence-electron chi connectivity index (χ4n) is 2.29. The minimum atomic E-state index is 0.705. The highest BCUT2D eigenvalue weighted by Crippen LogP contribution is 2.23. The van der Waals surface area contributed by atoms with Crippen LogP contribution in [0.3, 0.4) is 0 Å². The molecule has 20 heavy (non-hydrogen) atoms. The lowest BCUT2D eigenvalue weighted by Crippen LogP contribution is -2.41. The monoisotopic (exact) mass is 290 g/mol. The van der Waals surface area contributed by atoms with Crippen LogP contribution in [0.5, 0.6) is 0 Å². The first-order valence-corrected chi connectivity index (χ1v) is 7.18. The smallest absolute Gasteiger partial charge is 0.167 e. The number of rotatable bonds is 4. The number of hydrogen-bond donors (Lipinski definition) is 1. The molecule has 1 aliphatic heterocycles. The summed E-state index contributed by atoms with van der Waals surface area (Å²) in [4.78, 5) is 2.39. The van der Waals surface area contributed by atoms with Crippen LogP contribution in [0.1, 0.15) is 5.69 Å². The summed E-state index contributed by atoms with van der Waals surface area (Å²) >= 11 is 5.99. The van der Waals surface area contributed by atoms with E-state index in [0.717, 1.165) is 49.6 Å². The number of benzene rings is 1. The Hall–Kier alpha value is -1.36. The molecule has 3 rings (SSSR count). The van der Waals surface area contributed by atoms with Crippen LogP contribution in [0.4, 0.5) is 0 Å². The van der Waals surface area contributed by atoms with Gasteiger partial charge in [0.25, 0.3) is 0 Å². The molecule has 1 aliphatic rings. The summed E-state index contributed by atoms with van der Waals surface area (Å²) in [5.41, 5.74) is 1.95. The Morgan fingerprint density at radius 3 is 3.10 bits per heavy atom. The van der Waals surface area contributed by atoms with Gasteiger partial charge in [-0.3, -0.25) is 0 Å². The zero-order valence-electron chi connectivity index (χ0n) is 11.2. The average Bonchev–Trinajstić information content (AvgIpc) is 2.95. The number of piperazine rings is 1. The second-order valence-corrected chi connectivity index (χ2v) is 5.34. The van der Waals surface area contributed by atoms with Gasteiger partial charge in [0.1, 0.15) is 0 Å². The van der Waals surface area contributed by atoms with E-state index in [-0.39, 0.29) is 0 Å². The molecule has 0 saturated carbocycles. The molecule has 0 atom stereocenters. The van der Waals surface area contributed by atoms with Crippen LogP contribution in [0.2, 0.25) is 5.02 Å². The van der Waals surface area contributed by atoms with Crippen LogP contribution < -0.4 is 5.32 Å². The summed E-state index contributed by atoms with van der Waals surface area (Å²) in [6.07, 6.45) is 0.901. The van der Waals surface area contributed by atoms with Gasteiger partial charge in [0.15, 0.2) is 5.76 Å². The highest BCUT2D eigenvalue weighted by Gasteiger charge is 2.12. The van der Waals surface area contributed by atoms with Gasteiger partial charge in [-0.1, -0.05) is 28.9 Å². The zero-order chi connectivity index (χ0) is 13.8. The Morgan fingerprint density at radius 2 is 2.30 bits per heavy atom. The van der Waals surface area contributed by atoms with Crippen LogP contribution in [-0.4, -0.2) is 36.2 Å². The predicted molar refractivity (Wildman–Crippen MR) is 79.4 cm³/mol. The van der Waals surface area contributed by atoms with Crippen molar-refractivity contribution in [1.29, 1.82) is 0 Å². The molecule has 0 unspecified atom stereocenters. The van der Waals surface area contributed by atoms with Crippen LogP contribution in [0, 0.1) is 6.54 Å². The van der Waals surface area contributed by atoms with Crippen LogP contribution in [-0.2, 0) is 6.42 Å². The quantitative estimate of drug-likeness (QED) is 0.940. The maximum Gasteiger partial charge on any atom is 0.167 e. The van der Waals surface area contributed by atoms with E-state index >= 15 is 0 Å². The van der Waals surface area contributed by atoms with Gasteiger partial charge < -0.3 is 14.7 Å². The molecule has 1 fully saturated rings. The lowest BCUT2D eigenvalue weighted by atomic mass is 10.1. The molecular formula is C15H17ClN3O. The van der Waals surface area contributed by atoms with Gasteiger partial charge in [-0.05, 0) is 12.1 Å². The van der Waals surface area contributed by atoms with Gasteiger partial charge in [0, 0.05) is 55.8 Å². The summed E-state index contributed by atoms with van der Waals surface area (Å²) in [5.74, 6) is 0.773. The van der Waals surface area contributed by atoms with Crippen molar-refractivity contribution in [2.45, 2.75) is 6.42 Å². The second-order valence-electron chi connectivity index (χ2n) is 4.90. The van der Waals surface area contributed by atoms with Crippen LogP contribution in [0.15, 0.2) is 34.9 Å². The Bertz CT molecular complexity index is 564. The Morgan fingerprint density at radius 1 is 1.35 bits per heavy atom. The molecule has 1 aromatic carbocycles. The number of aromatic nitrogens is 1. The molecule has 4 nitrogen and oxygen atoms in total. The first-order chi connectivity index (χ1) is 9.81. The molecule has 105 valence electrons. The maximum atomic E-state index is 5.99. The van der Waals surface area contributed by atoms with E-state index in [1.807, 2.05) is 30.3 Å². The van der Waals surface area contributed by atoms with Crippen molar-refractivity contribution in [2.24, 2.45) is 0 Å². The maximum absolute atomic E-state index is 5.99. The third-order valence-electron chi connectivity index (χ3n) is 3.42. The van der Waals surface area contributed by atoms with Crippen molar-refractivity contribution in [3.8, 4) is 11.3 Å². The fourth-order valence-corrected chi connectivity index (χ4v) is 2.48. The van der Waals surface area contributed by atoms with Crippen molar-refractivity contribution in [2.75, 3.05) is 26.2 Å². The number of halogens is 1. The third kappa shape index (κ3) is 3.39. The molecule has 2 heterocycles. The first kappa shape index (κ1) is 13.6. The molecule has 5 heteroatoms. The number of nitrogens with zero attached hydrogens (tertiary/aromatic N) is 2. The zero-order valence-corrected chi connectivity index (χ0v) is 11.9. The standard InChI is InChI=1S/C15H17ClN3O/c16-13-3-1-2-12(10-13)15-11-14(18-20-15)4-7-19-8-5-17-6-9-19/h1-3,5,10-11,17H,4,6-9H2. The molecule has 1 radical (unpaired) electrons. The molecule has 0 amide bonds. The van der Waals surface area contributed by atoms with Gasteiger partial charge in [-0.15, -0.1) is 0 Å². The summed E-state index contributed by atoms with van der Waals surface area (Å²) < 4.78 is 5.40. The highest BCUT2D eigenvalue weighted by atomic mass is 35.5. The van der Waals surface area contributed by atoms with Crippen molar-refractivity contribution in [3.05, 3.63) is 47.6 Å². The first-order valence-electron chi connectivity index (χ1n) is 6.80. The van der Waals surface area contributed by atoms with Crippen molar-refractivity contribution in [3.63, 3.8) is 0 Å². The van der Waals surface area contributed by atoms with E-state index in [9.17, 15) is 0 Å². The topological polar surface area (TPSA) is 41.3 Å². The highest BCUT2D eigenvalue weighted by molar-refractivity contribution is 6.30. The fraction of sp³-hybridized carbons (Fsp3) is 0.333. The normalized spacial score (nSPS) is 16.4. The number of nitrogens with one attached hydrogen (secondary N) is 1. The Kier molecular flexibility index (Phi) is 4.35. The Labute approximate surface area is 123 Å². The van der Waals surface area contributed by atoms with Gasteiger partial charge >= 0.3 is 0 Å². The van der Waals surface area contributed by atoms with E-state index in [1.54, 1.807) is 0 Å². The van der Waals surface area contributed by atoms with Crippen molar-refractivity contribution < 1.29 is 4.52 Å². The minimum Gasteiger partial charge on any atom is -0.356 e. The molecular weight excluding hydrogens is 274 g/mol. The molecule has 1 aromatic heterocycles. The van der Waals surface area contributed by atoms with E-state index < -0.39 is 0 Å². The lowest BCUT2D eigenvalue weighted by Gasteiger charge is -2.26. The van der Waals surface area contributed by atoms with E-state index in [4.69, 9.17) is 16.1 Å². The van der Waals surface area contributed by atoms with Crippen molar-refractivity contribution >= 4 is 11.6 Å². The Balaban J connectivity index is 1.61. The van der Waals surface area contributed by atoms with Gasteiger partial charge in [-0.2, -0.15) is 0 Å².